The molecule has 1 aliphatic rings. The third-order valence-corrected chi connectivity index (χ3v) is 5.23. The van der Waals surface area contributed by atoms with Gasteiger partial charge in [-0.25, -0.2) is 0 Å². The van der Waals surface area contributed by atoms with Gasteiger partial charge < -0.3 is 9.88 Å². The summed E-state index contributed by atoms with van der Waals surface area (Å²) in [6, 6.07) is 7.48. The average molecular weight is 291 g/mol. The summed E-state index contributed by atoms with van der Waals surface area (Å²) < 4.78 is 2.81. The number of nitrogens with zero attached hydrogens (tertiary/aromatic N) is 2. The van der Waals surface area contributed by atoms with Crippen LogP contribution in [0.1, 0.15) is 19.4 Å². The summed E-state index contributed by atoms with van der Waals surface area (Å²) in [5.74, 6) is 0. The second kappa shape index (κ2) is 5.31. The summed E-state index contributed by atoms with van der Waals surface area (Å²) in [4.78, 5) is 14.3. The Kier molecular flexibility index (Phi) is 3.67. The maximum atomic E-state index is 11.7. The van der Waals surface area contributed by atoms with Crippen LogP contribution in [0, 0.1) is 0 Å². The van der Waals surface area contributed by atoms with E-state index in [-0.39, 0.29) is 4.87 Å². The Balaban J connectivity index is 1.89. The fourth-order valence-corrected chi connectivity index (χ4v) is 3.91. The Hall–Kier alpha value is -1.17. The van der Waals surface area contributed by atoms with E-state index in [0.29, 0.717) is 12.1 Å². The van der Waals surface area contributed by atoms with Crippen molar-refractivity contribution >= 4 is 21.6 Å². The molecule has 0 aliphatic carbocycles. The maximum Gasteiger partial charge on any atom is 0.307 e. The molecule has 108 valence electrons. The van der Waals surface area contributed by atoms with Crippen LogP contribution in [-0.4, -0.2) is 34.6 Å². The van der Waals surface area contributed by atoms with E-state index >= 15 is 0 Å². The molecular weight excluding hydrogens is 270 g/mol. The molecule has 0 unspecified atom stereocenters. The SMILES string of the molecule is C[C@@H]1CNC[C@H](C)N1Cc1ccc2c(c1)sc(=O)n2C. The van der Waals surface area contributed by atoms with Crippen molar-refractivity contribution in [2.45, 2.75) is 32.5 Å². The Labute approximate surface area is 123 Å². The van der Waals surface area contributed by atoms with E-state index < -0.39 is 0 Å². The van der Waals surface area contributed by atoms with Gasteiger partial charge in [-0.3, -0.25) is 9.69 Å². The number of fused-ring (bicyclic) bond motifs is 1. The minimum absolute atomic E-state index is 0.112. The molecule has 1 aromatic heterocycles. The van der Waals surface area contributed by atoms with Crippen LogP contribution in [0.3, 0.4) is 0 Å². The van der Waals surface area contributed by atoms with E-state index in [1.54, 1.807) is 4.57 Å². The molecule has 2 aromatic rings. The second-order valence-corrected chi connectivity index (χ2v) is 6.75. The van der Waals surface area contributed by atoms with E-state index in [1.165, 1.54) is 16.9 Å². The lowest BCUT2D eigenvalue weighted by Gasteiger charge is -2.39. The number of thiazole rings is 1. The predicted octanol–water partition coefficient (Wildman–Crippen LogP) is 1.78. The van der Waals surface area contributed by atoms with Gasteiger partial charge in [0.1, 0.15) is 0 Å². The highest BCUT2D eigenvalue weighted by Crippen LogP contribution is 2.21. The maximum absolute atomic E-state index is 11.7. The number of hydrogen-bond acceptors (Lipinski definition) is 4. The number of benzene rings is 1. The highest BCUT2D eigenvalue weighted by Gasteiger charge is 2.24. The lowest BCUT2D eigenvalue weighted by molar-refractivity contribution is 0.109. The first kappa shape index (κ1) is 13.8. The van der Waals surface area contributed by atoms with Crippen molar-refractivity contribution in [2.24, 2.45) is 7.05 Å². The molecule has 1 saturated heterocycles. The van der Waals surface area contributed by atoms with Gasteiger partial charge in [0.05, 0.1) is 10.2 Å². The molecule has 1 aromatic carbocycles. The van der Waals surface area contributed by atoms with E-state index in [0.717, 1.165) is 29.9 Å². The quantitative estimate of drug-likeness (QED) is 0.916. The third-order valence-electron chi connectivity index (χ3n) is 4.23. The van der Waals surface area contributed by atoms with Gasteiger partial charge in [-0.05, 0) is 31.5 Å². The Morgan fingerprint density at radius 2 is 2.00 bits per heavy atom. The topological polar surface area (TPSA) is 37.3 Å². The molecule has 0 amide bonds. The molecule has 0 bridgehead atoms. The third kappa shape index (κ3) is 2.41. The van der Waals surface area contributed by atoms with Gasteiger partial charge in [-0.1, -0.05) is 17.4 Å². The second-order valence-electron chi connectivity index (χ2n) is 5.76. The predicted molar refractivity (Wildman–Crippen MR) is 84.4 cm³/mol. The number of aryl methyl sites for hydroxylation is 1. The summed E-state index contributed by atoms with van der Waals surface area (Å²) in [6.45, 7) is 7.58. The number of hydrogen-bond donors (Lipinski definition) is 1. The van der Waals surface area contributed by atoms with Crippen LogP contribution in [0.4, 0.5) is 0 Å². The molecule has 1 N–H and O–H groups in total. The number of nitrogens with one attached hydrogen (secondary N) is 1. The molecular formula is C15H21N3OS. The first-order valence-corrected chi connectivity index (χ1v) is 7.93. The van der Waals surface area contributed by atoms with Gasteiger partial charge in [0.15, 0.2) is 0 Å². The minimum atomic E-state index is 0.112. The van der Waals surface area contributed by atoms with Crippen LogP contribution in [0.15, 0.2) is 23.0 Å². The molecule has 1 fully saturated rings. The smallest absolute Gasteiger partial charge is 0.307 e. The fourth-order valence-electron chi connectivity index (χ4n) is 2.97. The molecule has 4 nitrogen and oxygen atoms in total. The number of piperazine rings is 1. The van der Waals surface area contributed by atoms with Crippen LogP contribution >= 0.6 is 11.3 Å². The fraction of sp³-hybridized carbons (Fsp3) is 0.533. The summed E-state index contributed by atoms with van der Waals surface area (Å²) in [5.41, 5.74) is 2.32. The lowest BCUT2D eigenvalue weighted by Crippen LogP contribution is -2.54. The van der Waals surface area contributed by atoms with Crippen molar-refractivity contribution in [1.82, 2.24) is 14.8 Å². The van der Waals surface area contributed by atoms with Gasteiger partial charge in [-0.15, -0.1) is 0 Å². The van der Waals surface area contributed by atoms with E-state index in [9.17, 15) is 4.79 Å². The first-order valence-electron chi connectivity index (χ1n) is 7.11. The molecule has 0 spiro atoms. The summed E-state index contributed by atoms with van der Waals surface area (Å²) in [6.07, 6.45) is 0. The highest BCUT2D eigenvalue weighted by molar-refractivity contribution is 7.16. The first-order chi connectivity index (χ1) is 9.56. The summed E-state index contributed by atoms with van der Waals surface area (Å²) >= 11 is 1.33. The van der Waals surface area contributed by atoms with Crippen molar-refractivity contribution in [3.05, 3.63) is 33.4 Å². The number of aromatic nitrogens is 1. The largest absolute Gasteiger partial charge is 0.314 e. The van der Waals surface area contributed by atoms with Crippen LogP contribution in [-0.2, 0) is 13.6 Å². The van der Waals surface area contributed by atoms with Gasteiger partial charge in [-0.2, -0.15) is 0 Å². The van der Waals surface area contributed by atoms with Gasteiger partial charge in [0.2, 0.25) is 0 Å². The standard InChI is InChI=1S/C15H21N3OS/c1-10-7-16-8-11(2)18(10)9-12-4-5-13-14(6-12)20-15(19)17(13)3/h4-6,10-11,16H,7-9H2,1-3H3/t10-,11+. The van der Waals surface area contributed by atoms with Crippen molar-refractivity contribution in [1.29, 1.82) is 0 Å². The highest BCUT2D eigenvalue weighted by atomic mass is 32.1. The molecule has 3 rings (SSSR count). The zero-order valence-electron chi connectivity index (χ0n) is 12.2. The minimum Gasteiger partial charge on any atom is -0.314 e. The Bertz CT molecular complexity index is 665. The number of rotatable bonds is 2. The van der Waals surface area contributed by atoms with Crippen LogP contribution in [0.2, 0.25) is 0 Å². The summed E-state index contributed by atoms with van der Waals surface area (Å²) in [7, 11) is 1.83. The molecule has 2 atom stereocenters. The molecule has 0 radical (unpaired) electrons. The van der Waals surface area contributed by atoms with Gasteiger partial charge in [0.25, 0.3) is 0 Å². The van der Waals surface area contributed by atoms with E-state index in [1.807, 2.05) is 7.05 Å². The van der Waals surface area contributed by atoms with Crippen molar-refractivity contribution in [3.63, 3.8) is 0 Å². The normalized spacial score (nSPS) is 24.4. The molecule has 0 saturated carbocycles. The molecule has 5 heteroatoms. The monoisotopic (exact) mass is 291 g/mol. The van der Waals surface area contributed by atoms with Crippen LogP contribution < -0.4 is 10.2 Å². The zero-order valence-corrected chi connectivity index (χ0v) is 13.0. The molecule has 2 heterocycles. The summed E-state index contributed by atoms with van der Waals surface area (Å²) in [5, 5.41) is 3.46. The van der Waals surface area contributed by atoms with E-state index in [4.69, 9.17) is 0 Å². The Morgan fingerprint density at radius 3 is 2.70 bits per heavy atom. The van der Waals surface area contributed by atoms with E-state index in [2.05, 4.69) is 42.3 Å². The van der Waals surface area contributed by atoms with Crippen LogP contribution in [0.5, 0.6) is 0 Å². The lowest BCUT2D eigenvalue weighted by atomic mass is 10.1. The molecule has 20 heavy (non-hydrogen) atoms. The Morgan fingerprint density at radius 1 is 1.30 bits per heavy atom. The van der Waals surface area contributed by atoms with Crippen molar-refractivity contribution in [3.8, 4) is 0 Å². The van der Waals surface area contributed by atoms with Crippen molar-refractivity contribution in [2.75, 3.05) is 13.1 Å². The average Bonchev–Trinajstić information content (AvgIpc) is 2.69. The van der Waals surface area contributed by atoms with Crippen molar-refractivity contribution < 1.29 is 0 Å². The van der Waals surface area contributed by atoms with Gasteiger partial charge in [0, 0.05) is 38.8 Å². The van der Waals surface area contributed by atoms with Crippen LogP contribution in [0.25, 0.3) is 10.2 Å². The zero-order chi connectivity index (χ0) is 14.3. The van der Waals surface area contributed by atoms with Gasteiger partial charge >= 0.3 is 4.87 Å². The molecule has 1 aliphatic heterocycles.